The van der Waals surface area contributed by atoms with E-state index in [2.05, 4.69) is 5.32 Å². The van der Waals surface area contributed by atoms with Crippen molar-refractivity contribution in [2.75, 3.05) is 5.32 Å². The first kappa shape index (κ1) is 16.8. The summed E-state index contributed by atoms with van der Waals surface area (Å²) in [6.07, 6.45) is -4.64. The van der Waals surface area contributed by atoms with E-state index in [4.69, 9.17) is 11.6 Å². The zero-order valence-electron chi connectivity index (χ0n) is 11.2. The predicted octanol–water partition coefficient (Wildman–Crippen LogP) is 4.52. The first-order valence-corrected chi connectivity index (χ1v) is 6.49. The number of alkyl halides is 3. The molecule has 0 unspecified atom stereocenters. The van der Waals surface area contributed by atoms with E-state index < -0.39 is 28.3 Å². The van der Waals surface area contributed by atoms with Crippen LogP contribution in [0.2, 0.25) is 5.02 Å². The summed E-state index contributed by atoms with van der Waals surface area (Å²) in [5.41, 5.74) is -1.94. The summed E-state index contributed by atoms with van der Waals surface area (Å²) in [4.78, 5) is 22.0. The molecule has 0 spiro atoms. The average molecular weight is 345 g/mol. The monoisotopic (exact) mass is 344 g/mol. The molecule has 23 heavy (non-hydrogen) atoms. The summed E-state index contributed by atoms with van der Waals surface area (Å²) in [5.74, 6) is -0.901. The van der Waals surface area contributed by atoms with Crippen LogP contribution in [0, 0.1) is 10.1 Å². The molecule has 0 aromatic heterocycles. The SMILES string of the molecule is O=C(Nc1ccccc1C(F)(F)F)c1ccc([N+](=O)[O-])cc1Cl. The summed E-state index contributed by atoms with van der Waals surface area (Å²) in [6, 6.07) is 7.52. The topological polar surface area (TPSA) is 72.2 Å². The number of non-ortho nitro benzene ring substituents is 1. The third-order valence-electron chi connectivity index (χ3n) is 2.89. The van der Waals surface area contributed by atoms with E-state index in [0.717, 1.165) is 30.3 Å². The fourth-order valence-corrected chi connectivity index (χ4v) is 2.09. The van der Waals surface area contributed by atoms with Crippen molar-refractivity contribution in [2.24, 2.45) is 0 Å². The Kier molecular flexibility index (Phi) is 4.55. The van der Waals surface area contributed by atoms with Crippen molar-refractivity contribution in [3.8, 4) is 0 Å². The molecule has 0 aliphatic carbocycles. The van der Waals surface area contributed by atoms with Gasteiger partial charge in [-0.2, -0.15) is 13.2 Å². The Bertz CT molecular complexity index is 778. The lowest BCUT2D eigenvalue weighted by molar-refractivity contribution is -0.384. The lowest BCUT2D eigenvalue weighted by atomic mass is 10.1. The smallest absolute Gasteiger partial charge is 0.321 e. The Morgan fingerprint density at radius 3 is 2.39 bits per heavy atom. The number of para-hydroxylation sites is 1. The van der Waals surface area contributed by atoms with E-state index in [0.29, 0.717) is 0 Å². The second-order valence-corrected chi connectivity index (χ2v) is 4.83. The highest BCUT2D eigenvalue weighted by molar-refractivity contribution is 6.34. The zero-order valence-corrected chi connectivity index (χ0v) is 12.0. The van der Waals surface area contributed by atoms with Crippen LogP contribution in [-0.4, -0.2) is 10.8 Å². The Morgan fingerprint density at radius 2 is 1.83 bits per heavy atom. The van der Waals surface area contributed by atoms with Crippen molar-refractivity contribution in [1.82, 2.24) is 0 Å². The van der Waals surface area contributed by atoms with Gasteiger partial charge in [-0.15, -0.1) is 0 Å². The van der Waals surface area contributed by atoms with Crippen molar-refractivity contribution >= 4 is 28.9 Å². The van der Waals surface area contributed by atoms with Crippen LogP contribution < -0.4 is 5.32 Å². The Balaban J connectivity index is 2.32. The van der Waals surface area contributed by atoms with Crippen LogP contribution in [-0.2, 0) is 6.18 Å². The normalized spacial score (nSPS) is 11.1. The van der Waals surface area contributed by atoms with Crippen LogP contribution >= 0.6 is 11.6 Å². The largest absolute Gasteiger partial charge is 0.418 e. The number of benzene rings is 2. The number of rotatable bonds is 3. The van der Waals surface area contributed by atoms with Gasteiger partial charge in [0.2, 0.25) is 0 Å². The lowest BCUT2D eigenvalue weighted by Crippen LogP contribution is -2.17. The van der Waals surface area contributed by atoms with Gasteiger partial charge in [-0.25, -0.2) is 0 Å². The minimum Gasteiger partial charge on any atom is -0.321 e. The summed E-state index contributed by atoms with van der Waals surface area (Å²) < 4.78 is 38.6. The molecule has 0 heterocycles. The van der Waals surface area contributed by atoms with Crippen molar-refractivity contribution in [2.45, 2.75) is 6.18 Å². The van der Waals surface area contributed by atoms with Gasteiger partial charge < -0.3 is 5.32 Å². The second-order valence-electron chi connectivity index (χ2n) is 4.42. The molecule has 0 aliphatic rings. The first-order valence-electron chi connectivity index (χ1n) is 6.11. The number of halogens is 4. The maximum atomic E-state index is 12.9. The molecule has 0 bridgehead atoms. The van der Waals surface area contributed by atoms with Gasteiger partial charge in [-0.3, -0.25) is 14.9 Å². The van der Waals surface area contributed by atoms with E-state index in [1.165, 1.54) is 12.1 Å². The Hall–Kier alpha value is -2.61. The number of hydrogen-bond donors (Lipinski definition) is 1. The minimum atomic E-state index is -4.64. The van der Waals surface area contributed by atoms with E-state index in [1.807, 2.05) is 0 Å². The maximum Gasteiger partial charge on any atom is 0.418 e. The van der Waals surface area contributed by atoms with Crippen LogP contribution in [0.1, 0.15) is 15.9 Å². The fourth-order valence-electron chi connectivity index (χ4n) is 1.83. The van der Waals surface area contributed by atoms with E-state index in [1.54, 1.807) is 0 Å². The average Bonchev–Trinajstić information content (AvgIpc) is 2.46. The molecule has 1 amide bonds. The highest BCUT2D eigenvalue weighted by Gasteiger charge is 2.33. The van der Waals surface area contributed by atoms with Gasteiger partial charge in [0, 0.05) is 12.1 Å². The number of nitro groups is 1. The van der Waals surface area contributed by atoms with Crippen LogP contribution in [0.3, 0.4) is 0 Å². The van der Waals surface area contributed by atoms with Crippen molar-refractivity contribution in [3.63, 3.8) is 0 Å². The van der Waals surface area contributed by atoms with Crippen molar-refractivity contribution in [3.05, 3.63) is 68.7 Å². The van der Waals surface area contributed by atoms with E-state index in [-0.39, 0.29) is 16.3 Å². The number of hydrogen-bond acceptors (Lipinski definition) is 3. The number of anilines is 1. The molecule has 2 rings (SSSR count). The van der Waals surface area contributed by atoms with Gasteiger partial charge in [-0.1, -0.05) is 23.7 Å². The molecular weight excluding hydrogens is 337 g/mol. The van der Waals surface area contributed by atoms with Crippen LogP contribution in [0.15, 0.2) is 42.5 Å². The molecule has 5 nitrogen and oxygen atoms in total. The molecule has 1 N–H and O–H groups in total. The number of carbonyl (C=O) groups is 1. The minimum absolute atomic E-state index is 0.172. The first-order chi connectivity index (χ1) is 10.7. The standard InChI is InChI=1S/C14H8ClF3N2O3/c15-11-7-8(20(22)23)5-6-9(11)13(21)19-12-4-2-1-3-10(12)14(16,17)18/h1-7H,(H,19,21). The number of nitro benzene ring substituents is 1. The van der Waals surface area contributed by atoms with Gasteiger partial charge >= 0.3 is 6.18 Å². The summed E-state index contributed by atoms with van der Waals surface area (Å²) in [7, 11) is 0. The summed E-state index contributed by atoms with van der Waals surface area (Å²) in [6.45, 7) is 0. The van der Waals surface area contributed by atoms with Gasteiger partial charge in [0.15, 0.2) is 0 Å². The van der Waals surface area contributed by atoms with Crippen molar-refractivity contribution < 1.29 is 22.9 Å². The van der Waals surface area contributed by atoms with Crippen molar-refractivity contribution in [1.29, 1.82) is 0 Å². The molecule has 0 aliphatic heterocycles. The van der Waals surface area contributed by atoms with Gasteiger partial charge in [0.1, 0.15) is 0 Å². The third kappa shape index (κ3) is 3.78. The number of nitrogens with zero attached hydrogens (tertiary/aromatic N) is 1. The van der Waals surface area contributed by atoms with Crippen LogP contribution in [0.25, 0.3) is 0 Å². The highest BCUT2D eigenvalue weighted by atomic mass is 35.5. The van der Waals surface area contributed by atoms with E-state index >= 15 is 0 Å². The summed E-state index contributed by atoms with van der Waals surface area (Å²) >= 11 is 5.78. The lowest BCUT2D eigenvalue weighted by Gasteiger charge is -2.13. The zero-order chi connectivity index (χ0) is 17.2. The molecule has 0 atom stereocenters. The quantitative estimate of drug-likeness (QED) is 0.657. The Labute approximate surface area is 132 Å². The van der Waals surface area contributed by atoms with Crippen LogP contribution in [0.5, 0.6) is 0 Å². The number of nitrogens with one attached hydrogen (secondary N) is 1. The molecule has 2 aromatic carbocycles. The molecule has 2 aromatic rings. The fraction of sp³-hybridized carbons (Fsp3) is 0.0714. The van der Waals surface area contributed by atoms with Gasteiger partial charge in [0.25, 0.3) is 11.6 Å². The Morgan fingerprint density at radius 1 is 1.17 bits per heavy atom. The highest BCUT2D eigenvalue weighted by Crippen LogP contribution is 2.35. The molecule has 9 heteroatoms. The number of carbonyl (C=O) groups excluding carboxylic acids is 1. The predicted molar refractivity (Wildman–Crippen MR) is 77.5 cm³/mol. The number of amides is 1. The molecule has 0 radical (unpaired) electrons. The molecule has 0 saturated heterocycles. The summed E-state index contributed by atoms with van der Waals surface area (Å²) in [5, 5.41) is 12.5. The third-order valence-corrected chi connectivity index (χ3v) is 3.20. The van der Waals surface area contributed by atoms with Gasteiger partial charge in [0.05, 0.1) is 26.8 Å². The molecule has 0 fully saturated rings. The maximum absolute atomic E-state index is 12.9. The van der Waals surface area contributed by atoms with Gasteiger partial charge in [-0.05, 0) is 18.2 Å². The second kappa shape index (κ2) is 6.25. The molecular formula is C14H8ClF3N2O3. The molecule has 120 valence electrons. The van der Waals surface area contributed by atoms with E-state index in [9.17, 15) is 28.1 Å². The van der Waals surface area contributed by atoms with Crippen LogP contribution in [0.4, 0.5) is 24.5 Å². The molecule has 0 saturated carbocycles.